The number of para-hydroxylation sites is 1. The smallest absolute Gasteiger partial charge is 0.278 e. The lowest BCUT2D eigenvalue weighted by Gasteiger charge is -2.15. The van der Waals surface area contributed by atoms with Crippen molar-refractivity contribution < 1.29 is 14.3 Å². The van der Waals surface area contributed by atoms with Crippen molar-refractivity contribution in [1.29, 1.82) is 0 Å². The maximum Gasteiger partial charge on any atom is 0.278 e. The van der Waals surface area contributed by atoms with E-state index in [4.69, 9.17) is 4.74 Å². The van der Waals surface area contributed by atoms with E-state index < -0.39 is 0 Å². The molecule has 2 amide bonds. The third-order valence-corrected chi connectivity index (χ3v) is 5.55. The van der Waals surface area contributed by atoms with Gasteiger partial charge in [-0.1, -0.05) is 60.7 Å². The standard InChI is InChI=1S/C28H28N2O3/c1-19(2)33-23-15-13-22(14-16-23)25-26(29-24-12-8-7-9-20(24)3)28(32)30(27(25)31)18-17-21-10-5-4-6-11-21/h4-16,19,29H,17-18H2,1-3H3. The highest BCUT2D eigenvalue weighted by atomic mass is 16.5. The van der Waals surface area contributed by atoms with Crippen molar-refractivity contribution in [3.63, 3.8) is 0 Å². The van der Waals surface area contributed by atoms with E-state index in [2.05, 4.69) is 5.32 Å². The minimum absolute atomic E-state index is 0.0523. The van der Waals surface area contributed by atoms with Crippen LogP contribution in [0.5, 0.6) is 5.75 Å². The number of imide groups is 1. The molecule has 4 rings (SSSR count). The summed E-state index contributed by atoms with van der Waals surface area (Å²) < 4.78 is 5.73. The number of rotatable bonds is 8. The number of aryl methyl sites for hydroxylation is 1. The van der Waals surface area contributed by atoms with E-state index in [9.17, 15) is 9.59 Å². The second-order valence-electron chi connectivity index (χ2n) is 8.38. The number of hydrogen-bond donors (Lipinski definition) is 1. The molecule has 3 aromatic carbocycles. The molecule has 5 heteroatoms. The molecule has 0 aromatic heterocycles. The summed E-state index contributed by atoms with van der Waals surface area (Å²) in [5.74, 6) is 0.127. The minimum Gasteiger partial charge on any atom is -0.491 e. The second kappa shape index (κ2) is 9.74. The van der Waals surface area contributed by atoms with Crippen LogP contribution < -0.4 is 10.1 Å². The van der Waals surface area contributed by atoms with Crippen molar-refractivity contribution in [1.82, 2.24) is 4.90 Å². The van der Waals surface area contributed by atoms with E-state index in [0.29, 0.717) is 29.8 Å². The third kappa shape index (κ3) is 4.98. The molecule has 1 aliphatic rings. The Morgan fingerprint density at radius 2 is 1.52 bits per heavy atom. The molecule has 5 nitrogen and oxygen atoms in total. The van der Waals surface area contributed by atoms with E-state index in [1.54, 1.807) is 0 Å². The monoisotopic (exact) mass is 440 g/mol. The van der Waals surface area contributed by atoms with E-state index in [-0.39, 0.29) is 17.9 Å². The van der Waals surface area contributed by atoms with Gasteiger partial charge in [-0.25, -0.2) is 0 Å². The van der Waals surface area contributed by atoms with Gasteiger partial charge in [0.2, 0.25) is 0 Å². The molecule has 0 unspecified atom stereocenters. The van der Waals surface area contributed by atoms with Gasteiger partial charge in [0.15, 0.2) is 0 Å². The van der Waals surface area contributed by atoms with Crippen LogP contribution in [0.2, 0.25) is 0 Å². The van der Waals surface area contributed by atoms with Gasteiger partial charge < -0.3 is 10.1 Å². The fourth-order valence-electron chi connectivity index (χ4n) is 3.87. The van der Waals surface area contributed by atoms with Crippen LogP contribution in [-0.4, -0.2) is 29.4 Å². The van der Waals surface area contributed by atoms with Crippen molar-refractivity contribution >= 4 is 23.1 Å². The molecule has 0 aliphatic carbocycles. The molecule has 0 saturated heterocycles. The number of carbonyl (C=O) groups is 2. The van der Waals surface area contributed by atoms with Gasteiger partial charge in [0, 0.05) is 12.2 Å². The van der Waals surface area contributed by atoms with Gasteiger partial charge in [0.1, 0.15) is 11.4 Å². The lowest BCUT2D eigenvalue weighted by molar-refractivity contribution is -0.136. The quantitative estimate of drug-likeness (QED) is 0.488. The first-order valence-electron chi connectivity index (χ1n) is 11.2. The Morgan fingerprint density at radius 3 is 2.18 bits per heavy atom. The molecular weight excluding hydrogens is 412 g/mol. The third-order valence-electron chi connectivity index (χ3n) is 5.55. The molecule has 0 fully saturated rings. The first-order valence-corrected chi connectivity index (χ1v) is 11.2. The van der Waals surface area contributed by atoms with Crippen LogP contribution in [-0.2, 0) is 16.0 Å². The van der Waals surface area contributed by atoms with Gasteiger partial charge in [-0.05, 0) is 62.1 Å². The Morgan fingerprint density at radius 1 is 0.848 bits per heavy atom. The van der Waals surface area contributed by atoms with Crippen LogP contribution >= 0.6 is 0 Å². The first kappa shape index (κ1) is 22.3. The van der Waals surface area contributed by atoms with Gasteiger partial charge in [-0.2, -0.15) is 0 Å². The highest BCUT2D eigenvalue weighted by Gasteiger charge is 2.39. The van der Waals surface area contributed by atoms with Crippen molar-refractivity contribution in [2.75, 3.05) is 11.9 Å². The van der Waals surface area contributed by atoms with E-state index >= 15 is 0 Å². The summed E-state index contributed by atoms with van der Waals surface area (Å²) in [6, 6.07) is 24.9. The average molecular weight is 441 g/mol. The molecule has 168 valence electrons. The summed E-state index contributed by atoms with van der Waals surface area (Å²) in [6.07, 6.45) is 0.654. The fourth-order valence-corrected chi connectivity index (χ4v) is 3.87. The summed E-state index contributed by atoms with van der Waals surface area (Å²) in [5, 5.41) is 3.25. The van der Waals surface area contributed by atoms with Gasteiger partial charge in [-0.3, -0.25) is 14.5 Å². The summed E-state index contributed by atoms with van der Waals surface area (Å²) in [4.78, 5) is 28.2. The van der Waals surface area contributed by atoms with Gasteiger partial charge >= 0.3 is 0 Å². The number of nitrogens with one attached hydrogen (secondary N) is 1. The lowest BCUT2D eigenvalue weighted by atomic mass is 10.0. The molecule has 1 N–H and O–H groups in total. The van der Waals surface area contributed by atoms with Crippen LogP contribution in [0.25, 0.3) is 5.57 Å². The zero-order valence-corrected chi connectivity index (χ0v) is 19.2. The SMILES string of the molecule is Cc1ccccc1NC1=C(c2ccc(OC(C)C)cc2)C(=O)N(CCc2ccccc2)C1=O. The maximum atomic E-state index is 13.5. The summed E-state index contributed by atoms with van der Waals surface area (Å²) >= 11 is 0. The first-order chi connectivity index (χ1) is 15.9. The van der Waals surface area contributed by atoms with Crippen LogP contribution in [0.4, 0.5) is 5.69 Å². The highest BCUT2D eigenvalue weighted by Crippen LogP contribution is 2.32. The topological polar surface area (TPSA) is 58.6 Å². The van der Waals surface area contributed by atoms with Crippen LogP contribution in [0.1, 0.15) is 30.5 Å². The Labute approximate surface area is 194 Å². The van der Waals surface area contributed by atoms with E-state index in [1.165, 1.54) is 4.90 Å². The number of benzene rings is 3. The summed E-state index contributed by atoms with van der Waals surface area (Å²) in [7, 11) is 0. The largest absolute Gasteiger partial charge is 0.491 e. The van der Waals surface area contributed by atoms with Crippen molar-refractivity contribution in [2.24, 2.45) is 0 Å². The lowest BCUT2D eigenvalue weighted by Crippen LogP contribution is -2.34. The normalized spacial score (nSPS) is 13.8. The molecule has 1 heterocycles. The number of hydrogen-bond acceptors (Lipinski definition) is 4. The molecule has 3 aromatic rings. The average Bonchev–Trinajstić information content (AvgIpc) is 3.04. The number of amides is 2. The molecule has 0 radical (unpaired) electrons. The maximum absolute atomic E-state index is 13.5. The van der Waals surface area contributed by atoms with E-state index in [0.717, 1.165) is 22.6 Å². The highest BCUT2D eigenvalue weighted by molar-refractivity contribution is 6.36. The van der Waals surface area contributed by atoms with Gasteiger partial charge in [0.05, 0.1) is 11.7 Å². The van der Waals surface area contributed by atoms with Gasteiger partial charge in [0.25, 0.3) is 11.8 Å². The van der Waals surface area contributed by atoms with Crippen molar-refractivity contribution in [3.8, 4) is 5.75 Å². The zero-order valence-electron chi connectivity index (χ0n) is 19.2. The number of anilines is 1. The number of nitrogens with zero attached hydrogens (tertiary/aromatic N) is 1. The summed E-state index contributed by atoms with van der Waals surface area (Å²) in [6.45, 7) is 6.21. The van der Waals surface area contributed by atoms with Crippen molar-refractivity contribution in [3.05, 3.63) is 101 Å². The Kier molecular flexibility index (Phi) is 6.59. The van der Waals surface area contributed by atoms with E-state index in [1.807, 2.05) is 99.6 Å². The molecule has 0 saturated carbocycles. The van der Waals surface area contributed by atoms with Crippen LogP contribution in [0.3, 0.4) is 0 Å². The molecule has 33 heavy (non-hydrogen) atoms. The zero-order chi connectivity index (χ0) is 23.4. The predicted molar refractivity (Wildman–Crippen MR) is 131 cm³/mol. The Hall–Kier alpha value is -3.86. The number of ether oxygens (including phenoxy) is 1. The Bertz CT molecular complexity index is 1180. The molecule has 0 spiro atoms. The van der Waals surface area contributed by atoms with Crippen LogP contribution in [0.15, 0.2) is 84.6 Å². The summed E-state index contributed by atoms with van der Waals surface area (Å²) in [5.41, 5.74) is 4.24. The molecular formula is C28H28N2O3. The molecule has 0 atom stereocenters. The van der Waals surface area contributed by atoms with Crippen LogP contribution in [0, 0.1) is 6.92 Å². The molecule has 1 aliphatic heterocycles. The van der Waals surface area contributed by atoms with Crippen molar-refractivity contribution in [2.45, 2.75) is 33.3 Å². The predicted octanol–water partition coefficient (Wildman–Crippen LogP) is 5.22. The van der Waals surface area contributed by atoms with Gasteiger partial charge in [-0.15, -0.1) is 0 Å². The second-order valence-corrected chi connectivity index (χ2v) is 8.38. The fraction of sp³-hybridized carbons (Fsp3) is 0.214. The molecule has 0 bridgehead atoms. The number of carbonyl (C=O) groups excluding carboxylic acids is 2. The minimum atomic E-state index is -0.309. The Balaban J connectivity index is 1.67.